The molecule has 4 rings (SSSR count). The number of likely N-dealkylation sites (tertiary alicyclic amines) is 1. The van der Waals surface area contributed by atoms with Gasteiger partial charge in [-0.25, -0.2) is 14.4 Å². The van der Waals surface area contributed by atoms with Crippen LogP contribution in [-0.4, -0.2) is 45.4 Å². The molecule has 1 unspecified atom stereocenters. The fourth-order valence-corrected chi connectivity index (χ4v) is 3.91. The minimum absolute atomic E-state index is 0.197. The summed E-state index contributed by atoms with van der Waals surface area (Å²) < 4.78 is 13.1. The van der Waals surface area contributed by atoms with E-state index in [0.717, 1.165) is 37.9 Å². The molecular weight excluding hydrogens is 321 g/mol. The van der Waals surface area contributed by atoms with E-state index < -0.39 is 5.82 Å². The van der Waals surface area contributed by atoms with Gasteiger partial charge in [0.05, 0.1) is 17.8 Å². The highest BCUT2D eigenvalue weighted by atomic mass is 19.1. The Balaban J connectivity index is 1.49. The molecule has 0 bridgehead atoms. The average Bonchev–Trinajstić information content (AvgIpc) is 2.93. The molecule has 2 aliphatic rings. The second-order valence-electron chi connectivity index (χ2n) is 6.84. The van der Waals surface area contributed by atoms with E-state index in [1.807, 2.05) is 21.9 Å². The molecule has 6 nitrogen and oxygen atoms in total. The number of halogens is 1. The maximum absolute atomic E-state index is 13.1. The zero-order chi connectivity index (χ0) is 17.3. The summed E-state index contributed by atoms with van der Waals surface area (Å²) in [6.07, 6.45) is 8.52. The molecule has 130 valence electrons. The van der Waals surface area contributed by atoms with Gasteiger partial charge in [-0.2, -0.15) is 0 Å². The van der Waals surface area contributed by atoms with Crippen LogP contribution in [0.1, 0.15) is 24.8 Å². The lowest BCUT2D eigenvalue weighted by molar-refractivity contribution is -0.137. The summed E-state index contributed by atoms with van der Waals surface area (Å²) in [5.74, 6) is 0.247. The fraction of sp³-hybridized carbons (Fsp3) is 0.444. The first-order chi connectivity index (χ1) is 12.2. The Labute approximate surface area is 145 Å². The van der Waals surface area contributed by atoms with E-state index in [1.54, 1.807) is 12.4 Å². The number of hydrogen-bond acceptors (Lipinski definition) is 5. The Morgan fingerprint density at radius 3 is 2.76 bits per heavy atom. The maximum atomic E-state index is 13.1. The van der Waals surface area contributed by atoms with Crippen LogP contribution in [-0.2, 0) is 11.3 Å². The number of nitrogens with zero attached hydrogens (tertiary/aromatic N) is 5. The lowest BCUT2D eigenvalue weighted by Gasteiger charge is -2.39. The van der Waals surface area contributed by atoms with Crippen LogP contribution in [0.4, 0.5) is 10.3 Å². The largest absolute Gasteiger partial charge is 0.340 e. The number of aromatic nitrogens is 3. The van der Waals surface area contributed by atoms with Crippen LogP contribution in [0.15, 0.2) is 36.9 Å². The van der Waals surface area contributed by atoms with Gasteiger partial charge in [-0.05, 0) is 30.9 Å². The maximum Gasteiger partial charge on any atom is 0.230 e. The van der Waals surface area contributed by atoms with Gasteiger partial charge in [0, 0.05) is 38.6 Å². The van der Waals surface area contributed by atoms with E-state index in [1.165, 1.54) is 12.4 Å². The third-order valence-electron chi connectivity index (χ3n) is 5.16. The highest BCUT2D eigenvalue weighted by Gasteiger charge is 2.49. The molecule has 1 atom stereocenters. The average molecular weight is 341 g/mol. The first-order valence-corrected chi connectivity index (χ1v) is 8.57. The molecule has 1 amide bonds. The van der Waals surface area contributed by atoms with Crippen molar-refractivity contribution in [3.05, 3.63) is 48.3 Å². The van der Waals surface area contributed by atoms with E-state index in [0.29, 0.717) is 19.0 Å². The topological polar surface area (TPSA) is 62.2 Å². The molecule has 0 N–H and O–H groups in total. The van der Waals surface area contributed by atoms with Crippen molar-refractivity contribution < 1.29 is 9.18 Å². The Morgan fingerprint density at radius 1 is 1.16 bits per heavy atom. The van der Waals surface area contributed by atoms with Gasteiger partial charge >= 0.3 is 0 Å². The predicted molar refractivity (Wildman–Crippen MR) is 90.1 cm³/mol. The Kier molecular flexibility index (Phi) is 4.07. The molecular formula is C18H20FN5O. The number of amides is 1. The number of rotatable bonds is 3. The number of piperidine rings is 1. The third kappa shape index (κ3) is 3.06. The molecule has 2 fully saturated rings. The molecule has 2 saturated heterocycles. The number of carbonyl (C=O) groups is 1. The smallest absolute Gasteiger partial charge is 0.230 e. The lowest BCUT2D eigenvalue weighted by atomic mass is 9.78. The second-order valence-corrected chi connectivity index (χ2v) is 6.84. The van der Waals surface area contributed by atoms with Gasteiger partial charge in [0.25, 0.3) is 0 Å². The van der Waals surface area contributed by atoms with Crippen molar-refractivity contribution in [3.8, 4) is 0 Å². The van der Waals surface area contributed by atoms with Crippen LogP contribution < -0.4 is 4.90 Å². The molecule has 0 radical (unpaired) electrons. The van der Waals surface area contributed by atoms with Crippen molar-refractivity contribution in [2.45, 2.75) is 25.8 Å². The molecule has 1 spiro atoms. The van der Waals surface area contributed by atoms with E-state index in [9.17, 15) is 9.18 Å². The predicted octanol–water partition coefficient (Wildman–Crippen LogP) is 2.03. The highest BCUT2D eigenvalue weighted by Crippen LogP contribution is 2.41. The summed E-state index contributed by atoms with van der Waals surface area (Å²) in [6, 6.07) is 3.88. The highest BCUT2D eigenvalue weighted by molar-refractivity contribution is 5.85. The van der Waals surface area contributed by atoms with Crippen molar-refractivity contribution in [2.24, 2.45) is 5.41 Å². The minimum atomic E-state index is -0.449. The van der Waals surface area contributed by atoms with Gasteiger partial charge in [-0.15, -0.1) is 0 Å². The van der Waals surface area contributed by atoms with Gasteiger partial charge in [0.2, 0.25) is 11.9 Å². The van der Waals surface area contributed by atoms with E-state index in [4.69, 9.17) is 0 Å². The van der Waals surface area contributed by atoms with Crippen LogP contribution in [0.2, 0.25) is 0 Å². The molecule has 2 aliphatic heterocycles. The molecule has 0 aromatic carbocycles. The zero-order valence-corrected chi connectivity index (χ0v) is 13.9. The molecule has 7 heteroatoms. The molecule has 2 aromatic rings. The van der Waals surface area contributed by atoms with E-state index >= 15 is 0 Å². The van der Waals surface area contributed by atoms with Crippen molar-refractivity contribution in [1.82, 2.24) is 19.9 Å². The molecule has 0 aliphatic carbocycles. The van der Waals surface area contributed by atoms with Gasteiger partial charge in [0.1, 0.15) is 0 Å². The number of hydrogen-bond donors (Lipinski definition) is 0. The summed E-state index contributed by atoms with van der Waals surface area (Å²) in [5, 5.41) is 0. The fourth-order valence-electron chi connectivity index (χ4n) is 3.91. The SMILES string of the molecule is O=C1N(Cc2cccnc2)CCC12CCCN(c1ncc(F)cn1)C2. The van der Waals surface area contributed by atoms with Gasteiger partial charge in [-0.1, -0.05) is 6.07 Å². The summed E-state index contributed by atoms with van der Waals surface area (Å²) in [5.41, 5.74) is 0.667. The van der Waals surface area contributed by atoms with Crippen LogP contribution in [0.5, 0.6) is 0 Å². The number of anilines is 1. The third-order valence-corrected chi connectivity index (χ3v) is 5.16. The Morgan fingerprint density at radius 2 is 2.00 bits per heavy atom. The summed E-state index contributed by atoms with van der Waals surface area (Å²) in [6.45, 7) is 2.75. The van der Waals surface area contributed by atoms with Gasteiger partial charge in [0.15, 0.2) is 5.82 Å². The molecule has 0 saturated carbocycles. The van der Waals surface area contributed by atoms with Crippen molar-refractivity contribution in [3.63, 3.8) is 0 Å². The van der Waals surface area contributed by atoms with E-state index in [-0.39, 0.29) is 11.3 Å². The first-order valence-electron chi connectivity index (χ1n) is 8.57. The van der Waals surface area contributed by atoms with Gasteiger partial charge < -0.3 is 9.80 Å². The molecule has 4 heterocycles. The minimum Gasteiger partial charge on any atom is -0.340 e. The van der Waals surface area contributed by atoms with Gasteiger partial charge in [-0.3, -0.25) is 9.78 Å². The zero-order valence-electron chi connectivity index (χ0n) is 13.9. The number of pyridine rings is 1. The van der Waals surface area contributed by atoms with Crippen LogP contribution in [0.3, 0.4) is 0 Å². The molecule has 2 aromatic heterocycles. The van der Waals surface area contributed by atoms with Crippen molar-refractivity contribution in [2.75, 3.05) is 24.5 Å². The van der Waals surface area contributed by atoms with Crippen LogP contribution >= 0.6 is 0 Å². The first kappa shape index (κ1) is 15.9. The molecule has 25 heavy (non-hydrogen) atoms. The Hall–Kier alpha value is -2.57. The Bertz CT molecular complexity index is 754. The van der Waals surface area contributed by atoms with E-state index in [2.05, 4.69) is 15.0 Å². The normalized spacial score (nSPS) is 23.5. The van der Waals surface area contributed by atoms with Crippen molar-refractivity contribution >= 4 is 11.9 Å². The van der Waals surface area contributed by atoms with Crippen molar-refractivity contribution in [1.29, 1.82) is 0 Å². The summed E-state index contributed by atoms with van der Waals surface area (Å²) in [4.78, 5) is 29.3. The van der Waals surface area contributed by atoms with Crippen LogP contribution in [0, 0.1) is 11.2 Å². The monoisotopic (exact) mass is 341 g/mol. The van der Waals surface area contributed by atoms with Crippen LogP contribution in [0.25, 0.3) is 0 Å². The quantitative estimate of drug-likeness (QED) is 0.855. The standard InChI is InChI=1S/C18H20FN5O/c19-15-10-21-17(22-11-15)24-7-2-4-18(13-24)5-8-23(16(18)25)12-14-3-1-6-20-9-14/h1,3,6,9-11H,2,4-5,7-8,12-13H2. The second kappa shape index (κ2) is 6.38. The summed E-state index contributed by atoms with van der Waals surface area (Å²) in [7, 11) is 0. The lowest BCUT2D eigenvalue weighted by Crippen LogP contribution is -2.48. The summed E-state index contributed by atoms with van der Waals surface area (Å²) >= 11 is 0. The number of carbonyl (C=O) groups excluding carboxylic acids is 1.